The Bertz CT molecular complexity index is 520. The van der Waals surface area contributed by atoms with Gasteiger partial charge in [-0.3, -0.25) is 0 Å². The number of benzene rings is 2. The number of nitrogens with one attached hydrogen (secondary N) is 4. The maximum absolute atomic E-state index is 3.52. The van der Waals surface area contributed by atoms with Crippen molar-refractivity contribution in [1.82, 2.24) is 21.3 Å². The first-order chi connectivity index (χ1) is 13.9. The van der Waals surface area contributed by atoms with Gasteiger partial charge in [0.1, 0.15) is 0 Å². The molecule has 154 valence electrons. The van der Waals surface area contributed by atoms with E-state index < -0.39 is 0 Å². The smallest absolute Gasteiger partial charge is 0.00767 e. The van der Waals surface area contributed by atoms with Gasteiger partial charge in [-0.05, 0) is 76.1 Å². The molecule has 0 aliphatic carbocycles. The molecule has 4 N–H and O–H groups in total. The van der Waals surface area contributed by atoms with Crippen molar-refractivity contribution in [3.63, 3.8) is 0 Å². The van der Waals surface area contributed by atoms with E-state index in [-0.39, 0.29) is 0 Å². The predicted octanol–water partition coefficient (Wildman–Crippen LogP) is 2.61. The Balaban J connectivity index is 1.25. The molecule has 2 aromatic rings. The van der Waals surface area contributed by atoms with Crippen molar-refractivity contribution < 1.29 is 0 Å². The van der Waals surface area contributed by atoms with E-state index in [1.165, 1.54) is 24.0 Å². The van der Waals surface area contributed by atoms with Gasteiger partial charge in [0.15, 0.2) is 0 Å². The fraction of sp³-hybridized carbons (Fsp3) is 0.500. The van der Waals surface area contributed by atoms with Crippen molar-refractivity contribution in [3.05, 3.63) is 71.8 Å². The summed E-state index contributed by atoms with van der Waals surface area (Å²) in [6, 6.07) is 21.3. The van der Waals surface area contributed by atoms with Gasteiger partial charge in [-0.1, -0.05) is 60.7 Å². The van der Waals surface area contributed by atoms with Crippen LogP contribution in [0.25, 0.3) is 0 Å². The normalized spacial score (nSPS) is 11.0. The lowest BCUT2D eigenvalue weighted by molar-refractivity contribution is 0.557. The summed E-state index contributed by atoms with van der Waals surface area (Å²) in [5.41, 5.74) is 2.82. The molecular formula is C24H38N4. The van der Waals surface area contributed by atoms with E-state index in [1.807, 2.05) is 0 Å². The SMILES string of the molecule is c1ccc(CCNCCCNCCNCCCNCCc2ccccc2)cc1. The molecule has 0 bridgehead atoms. The molecule has 28 heavy (non-hydrogen) atoms. The minimum absolute atomic E-state index is 1.05. The lowest BCUT2D eigenvalue weighted by Gasteiger charge is -2.08. The third-order valence-electron chi connectivity index (χ3n) is 4.76. The maximum Gasteiger partial charge on any atom is 0.00767 e. The van der Waals surface area contributed by atoms with Crippen LogP contribution >= 0.6 is 0 Å². The molecular weight excluding hydrogens is 344 g/mol. The van der Waals surface area contributed by atoms with Gasteiger partial charge in [-0.25, -0.2) is 0 Å². The summed E-state index contributed by atoms with van der Waals surface area (Å²) in [4.78, 5) is 0. The van der Waals surface area contributed by atoms with Crippen molar-refractivity contribution in [2.45, 2.75) is 25.7 Å². The molecule has 0 saturated heterocycles. The van der Waals surface area contributed by atoms with Crippen LogP contribution in [-0.2, 0) is 12.8 Å². The van der Waals surface area contributed by atoms with Crippen molar-refractivity contribution in [1.29, 1.82) is 0 Å². The molecule has 2 aromatic carbocycles. The lowest BCUT2D eigenvalue weighted by atomic mass is 10.1. The van der Waals surface area contributed by atoms with Gasteiger partial charge in [-0.15, -0.1) is 0 Å². The van der Waals surface area contributed by atoms with E-state index in [0.29, 0.717) is 0 Å². The van der Waals surface area contributed by atoms with E-state index in [9.17, 15) is 0 Å². The van der Waals surface area contributed by atoms with Crippen LogP contribution in [0.2, 0.25) is 0 Å². The summed E-state index contributed by atoms with van der Waals surface area (Å²) in [5, 5.41) is 14.0. The Labute approximate surface area is 171 Å². The average Bonchev–Trinajstić information content (AvgIpc) is 2.75. The zero-order valence-corrected chi connectivity index (χ0v) is 17.3. The van der Waals surface area contributed by atoms with Crippen LogP contribution in [0.5, 0.6) is 0 Å². The molecule has 0 fully saturated rings. The van der Waals surface area contributed by atoms with Gasteiger partial charge in [0.2, 0.25) is 0 Å². The molecule has 0 aromatic heterocycles. The Morgan fingerprint density at radius 3 is 1.14 bits per heavy atom. The van der Waals surface area contributed by atoms with Crippen molar-refractivity contribution in [3.8, 4) is 0 Å². The Morgan fingerprint density at radius 2 is 0.750 bits per heavy atom. The van der Waals surface area contributed by atoms with Crippen LogP contribution < -0.4 is 21.3 Å². The zero-order valence-electron chi connectivity index (χ0n) is 17.3. The Kier molecular flexibility index (Phi) is 13.1. The third kappa shape index (κ3) is 11.9. The molecule has 0 atom stereocenters. The molecule has 0 aliphatic heterocycles. The molecule has 2 rings (SSSR count). The monoisotopic (exact) mass is 382 g/mol. The number of rotatable bonds is 17. The van der Waals surface area contributed by atoms with Crippen LogP contribution in [0.15, 0.2) is 60.7 Å². The van der Waals surface area contributed by atoms with E-state index >= 15 is 0 Å². The fourth-order valence-electron chi connectivity index (χ4n) is 3.11. The van der Waals surface area contributed by atoms with Crippen molar-refractivity contribution >= 4 is 0 Å². The summed E-state index contributed by atoms with van der Waals surface area (Å²) in [6.45, 7) is 8.55. The third-order valence-corrected chi connectivity index (χ3v) is 4.76. The van der Waals surface area contributed by atoms with E-state index in [2.05, 4.69) is 81.9 Å². The van der Waals surface area contributed by atoms with Gasteiger partial charge in [0, 0.05) is 13.1 Å². The largest absolute Gasteiger partial charge is 0.316 e. The van der Waals surface area contributed by atoms with E-state index in [0.717, 1.165) is 65.2 Å². The molecule has 0 unspecified atom stereocenters. The van der Waals surface area contributed by atoms with Gasteiger partial charge in [-0.2, -0.15) is 0 Å². The van der Waals surface area contributed by atoms with Crippen LogP contribution in [0.4, 0.5) is 0 Å². The summed E-state index contributed by atoms with van der Waals surface area (Å²) in [6.07, 6.45) is 4.58. The van der Waals surface area contributed by atoms with Gasteiger partial charge in [0.05, 0.1) is 0 Å². The molecule has 0 saturated carbocycles. The first kappa shape index (κ1) is 22.6. The zero-order chi connectivity index (χ0) is 19.5. The summed E-state index contributed by atoms with van der Waals surface area (Å²) in [7, 11) is 0. The summed E-state index contributed by atoms with van der Waals surface area (Å²) in [5.74, 6) is 0. The highest BCUT2D eigenvalue weighted by Crippen LogP contribution is 1.98. The second-order valence-corrected chi connectivity index (χ2v) is 7.18. The highest BCUT2D eigenvalue weighted by Gasteiger charge is 1.94. The summed E-state index contributed by atoms with van der Waals surface area (Å²) < 4.78 is 0. The Hall–Kier alpha value is -1.72. The first-order valence-corrected chi connectivity index (χ1v) is 10.9. The van der Waals surface area contributed by atoms with Crippen molar-refractivity contribution in [2.75, 3.05) is 52.4 Å². The second kappa shape index (κ2) is 16.3. The predicted molar refractivity (Wildman–Crippen MR) is 121 cm³/mol. The molecule has 4 nitrogen and oxygen atoms in total. The van der Waals surface area contributed by atoms with E-state index in [1.54, 1.807) is 0 Å². The molecule has 0 amide bonds. The van der Waals surface area contributed by atoms with Crippen LogP contribution in [-0.4, -0.2) is 52.4 Å². The molecule has 0 aliphatic rings. The van der Waals surface area contributed by atoms with Crippen LogP contribution in [0.1, 0.15) is 24.0 Å². The van der Waals surface area contributed by atoms with Gasteiger partial charge in [0.25, 0.3) is 0 Å². The molecule has 0 heterocycles. The Morgan fingerprint density at radius 1 is 0.393 bits per heavy atom. The summed E-state index contributed by atoms with van der Waals surface area (Å²) >= 11 is 0. The van der Waals surface area contributed by atoms with Gasteiger partial charge < -0.3 is 21.3 Å². The highest BCUT2D eigenvalue weighted by atomic mass is 14.9. The van der Waals surface area contributed by atoms with E-state index in [4.69, 9.17) is 0 Å². The quantitative estimate of drug-likeness (QED) is 0.318. The van der Waals surface area contributed by atoms with Gasteiger partial charge >= 0.3 is 0 Å². The standard InChI is InChI=1S/C24H38N4/c1-3-9-23(10-4-1)13-19-25-15-7-17-27-21-22-28-18-8-16-26-20-14-24-11-5-2-6-12-24/h1-6,9-12,25-28H,7-8,13-22H2. The fourth-order valence-corrected chi connectivity index (χ4v) is 3.11. The van der Waals surface area contributed by atoms with Crippen LogP contribution in [0, 0.1) is 0 Å². The minimum Gasteiger partial charge on any atom is -0.316 e. The first-order valence-electron chi connectivity index (χ1n) is 10.9. The average molecular weight is 383 g/mol. The number of hydrogen-bond donors (Lipinski definition) is 4. The van der Waals surface area contributed by atoms with Crippen LogP contribution in [0.3, 0.4) is 0 Å². The topological polar surface area (TPSA) is 48.1 Å². The molecule has 0 radical (unpaired) electrons. The minimum atomic E-state index is 1.05. The molecule has 4 heteroatoms. The lowest BCUT2D eigenvalue weighted by Crippen LogP contribution is -2.31. The number of hydrogen-bond acceptors (Lipinski definition) is 4. The molecule has 0 spiro atoms. The maximum atomic E-state index is 3.52. The highest BCUT2D eigenvalue weighted by molar-refractivity contribution is 5.15. The van der Waals surface area contributed by atoms with Crippen molar-refractivity contribution in [2.24, 2.45) is 0 Å². The second-order valence-electron chi connectivity index (χ2n) is 7.18.